The van der Waals surface area contributed by atoms with Crippen LogP contribution >= 0.6 is 0 Å². The molecule has 0 amide bonds. The van der Waals surface area contributed by atoms with Crippen LogP contribution < -0.4 is 24.8 Å². The van der Waals surface area contributed by atoms with Gasteiger partial charge in [-0.15, -0.1) is 0 Å². The first-order chi connectivity index (χ1) is 1.41. The molecule has 3 heteroatoms. The molecule has 0 atom stereocenters. The average molecular weight is 149 g/mol. The van der Waals surface area contributed by atoms with Gasteiger partial charge in [0.1, 0.15) is 0 Å². The Kier molecular flexibility index (Phi) is 60.3. The van der Waals surface area contributed by atoms with Gasteiger partial charge in [0.2, 0.25) is 0 Å². The molecule has 0 aromatic rings. The Morgan fingerprint density at radius 3 is 1.00 bits per heavy atom. The van der Waals surface area contributed by atoms with Crippen LogP contribution in [0.15, 0.2) is 0 Å². The van der Waals surface area contributed by atoms with E-state index in [4.69, 9.17) is 0 Å². The fourth-order valence-corrected chi connectivity index (χ4v) is 0. The van der Waals surface area contributed by atoms with Crippen LogP contribution in [0, 0.1) is 0 Å². The summed E-state index contributed by atoms with van der Waals surface area (Å²) in [6.45, 7) is 0. The standard InChI is InChI=1S/2CH3.2ClH.Ti/h2*1H3;2*1H;/q;;;;+2/p-2. The molecule has 0 aliphatic heterocycles. The molecule has 0 aromatic heterocycles. The maximum Gasteiger partial charge on any atom is -1.00 e. The van der Waals surface area contributed by atoms with Crippen molar-refractivity contribution < 1.29 is 44.0 Å². The molecule has 0 bridgehead atoms. The van der Waals surface area contributed by atoms with Gasteiger partial charge in [-0.05, 0) is 0 Å². The van der Waals surface area contributed by atoms with Gasteiger partial charge in [0.05, 0.1) is 0 Å². The zero-order valence-corrected chi connectivity index (χ0v) is 6.33. The third-order valence-corrected chi connectivity index (χ3v) is 0. The Morgan fingerprint density at radius 1 is 1.00 bits per heavy atom. The van der Waals surface area contributed by atoms with E-state index >= 15 is 0 Å². The molecule has 0 saturated carbocycles. The summed E-state index contributed by atoms with van der Waals surface area (Å²) in [5, 5.41) is 4.50. The summed E-state index contributed by atoms with van der Waals surface area (Å²) in [7, 11) is 0. The summed E-state index contributed by atoms with van der Waals surface area (Å²) >= 11 is 0.500. The quantitative estimate of drug-likeness (QED) is 0.303. The summed E-state index contributed by atoms with van der Waals surface area (Å²) in [6, 6.07) is 0. The molecule has 0 N–H and O–H groups in total. The van der Waals surface area contributed by atoms with E-state index in [1.165, 1.54) is 0 Å². The van der Waals surface area contributed by atoms with E-state index in [1.54, 1.807) is 0 Å². The van der Waals surface area contributed by atoms with Gasteiger partial charge in [0.15, 0.2) is 0 Å². The molecular weight excluding hydrogens is 143 g/mol. The topological polar surface area (TPSA) is 0 Å². The van der Waals surface area contributed by atoms with Crippen molar-refractivity contribution in [2.24, 2.45) is 0 Å². The first-order valence-corrected chi connectivity index (χ1v) is 4.12. The van der Waals surface area contributed by atoms with Gasteiger partial charge in [-0.1, -0.05) is 0 Å². The van der Waals surface area contributed by atoms with Crippen LogP contribution in [-0.2, 0) is 19.2 Å². The van der Waals surface area contributed by atoms with E-state index in [9.17, 15) is 0 Å². The van der Waals surface area contributed by atoms with E-state index < -0.39 is 0 Å². The zero-order valence-electron chi connectivity index (χ0n) is 3.26. The SMILES string of the molecule is [CH3][Ti+2][CH3].[Cl-].[Cl-]. The molecular formula is C2H6Cl2Ti. The Morgan fingerprint density at radius 2 is 1.00 bits per heavy atom. The van der Waals surface area contributed by atoms with Crippen LogP contribution in [0.4, 0.5) is 0 Å². The van der Waals surface area contributed by atoms with Gasteiger partial charge >= 0.3 is 29.6 Å². The largest absolute Gasteiger partial charge is 1.00 e. The molecule has 5 heavy (non-hydrogen) atoms. The summed E-state index contributed by atoms with van der Waals surface area (Å²) < 4.78 is 0. The Labute approximate surface area is 54.5 Å². The second-order valence-corrected chi connectivity index (χ2v) is 2.06. The molecule has 0 heterocycles. The molecule has 0 aliphatic carbocycles. The predicted molar refractivity (Wildman–Crippen MR) is 11.7 cm³/mol. The van der Waals surface area contributed by atoms with E-state index in [-0.39, 0.29) is 24.8 Å². The third kappa shape index (κ3) is 34.3. The fraction of sp³-hybridized carbons (Fsp3) is 1.00. The summed E-state index contributed by atoms with van der Waals surface area (Å²) in [5.41, 5.74) is 0. The van der Waals surface area contributed by atoms with Crippen molar-refractivity contribution >= 4 is 0 Å². The minimum Gasteiger partial charge on any atom is -1.00 e. The monoisotopic (exact) mass is 148 g/mol. The van der Waals surface area contributed by atoms with Crippen molar-refractivity contribution in [3.8, 4) is 0 Å². The molecule has 0 fully saturated rings. The maximum atomic E-state index is 2.25. The summed E-state index contributed by atoms with van der Waals surface area (Å²) in [6.07, 6.45) is 0. The van der Waals surface area contributed by atoms with Crippen molar-refractivity contribution in [2.75, 3.05) is 0 Å². The minimum absolute atomic E-state index is 0. The molecule has 0 aromatic carbocycles. The smallest absolute Gasteiger partial charge is 1.00 e. The number of hydrogen-bond acceptors (Lipinski definition) is 0. The minimum atomic E-state index is 0. The molecule has 32 valence electrons. The molecule has 0 aliphatic rings. The second-order valence-electron chi connectivity index (χ2n) is 0.500. The van der Waals surface area contributed by atoms with E-state index in [0.717, 1.165) is 0 Å². The van der Waals surface area contributed by atoms with Crippen LogP contribution in [0.2, 0.25) is 10.5 Å². The van der Waals surface area contributed by atoms with E-state index in [1.807, 2.05) is 0 Å². The average Bonchev–Trinajstić information content (AvgIpc) is 0.918. The fourth-order valence-electron chi connectivity index (χ4n) is 0. The Hall–Kier alpha value is 1.29. The maximum absolute atomic E-state index is 2.25. The van der Waals surface area contributed by atoms with Crippen LogP contribution in [0.3, 0.4) is 0 Å². The first kappa shape index (κ1) is 16.3. The third-order valence-electron chi connectivity index (χ3n) is 0. The normalized spacial score (nSPS) is 2.00. The van der Waals surface area contributed by atoms with Gasteiger partial charge in [-0.2, -0.15) is 0 Å². The molecule has 0 saturated heterocycles. The van der Waals surface area contributed by atoms with Crippen molar-refractivity contribution in [3.05, 3.63) is 0 Å². The predicted octanol–water partition coefficient (Wildman–Crippen LogP) is -4.83. The van der Waals surface area contributed by atoms with E-state index in [0.29, 0.717) is 19.2 Å². The van der Waals surface area contributed by atoms with Gasteiger partial charge in [-0.3, -0.25) is 0 Å². The Bertz CT molecular complexity index is 7.61. The van der Waals surface area contributed by atoms with Gasteiger partial charge in [0, 0.05) is 0 Å². The van der Waals surface area contributed by atoms with Gasteiger partial charge in [0.25, 0.3) is 0 Å². The number of rotatable bonds is 0. The summed E-state index contributed by atoms with van der Waals surface area (Å²) in [5.74, 6) is 0. The van der Waals surface area contributed by atoms with E-state index in [2.05, 4.69) is 10.5 Å². The zero-order chi connectivity index (χ0) is 2.71. The van der Waals surface area contributed by atoms with Crippen molar-refractivity contribution in [2.45, 2.75) is 10.5 Å². The van der Waals surface area contributed by atoms with Crippen molar-refractivity contribution in [1.29, 1.82) is 0 Å². The number of halogens is 2. The number of hydrogen-bond donors (Lipinski definition) is 0. The Balaban J connectivity index is -0.0000000200. The van der Waals surface area contributed by atoms with Crippen molar-refractivity contribution in [3.63, 3.8) is 0 Å². The molecule has 0 rings (SSSR count). The van der Waals surface area contributed by atoms with Crippen molar-refractivity contribution in [1.82, 2.24) is 0 Å². The first-order valence-electron chi connectivity index (χ1n) is 1.00. The molecule has 0 unspecified atom stereocenters. The van der Waals surface area contributed by atoms with Crippen LogP contribution in [-0.4, -0.2) is 0 Å². The summed E-state index contributed by atoms with van der Waals surface area (Å²) in [4.78, 5) is 0. The molecule has 0 nitrogen and oxygen atoms in total. The van der Waals surface area contributed by atoms with Crippen LogP contribution in [0.25, 0.3) is 0 Å². The van der Waals surface area contributed by atoms with Crippen LogP contribution in [0.1, 0.15) is 0 Å². The van der Waals surface area contributed by atoms with Gasteiger partial charge < -0.3 is 24.8 Å². The molecule has 0 radical (unpaired) electrons. The molecule has 0 spiro atoms. The second kappa shape index (κ2) is 18.5. The van der Waals surface area contributed by atoms with Crippen LogP contribution in [0.5, 0.6) is 0 Å². The van der Waals surface area contributed by atoms with Gasteiger partial charge in [-0.25, -0.2) is 0 Å².